The van der Waals surface area contributed by atoms with Crippen LogP contribution in [0.25, 0.3) is 0 Å². The summed E-state index contributed by atoms with van der Waals surface area (Å²) in [6.45, 7) is 9.40. The van der Waals surface area contributed by atoms with Crippen molar-refractivity contribution in [3.8, 4) is 0 Å². The van der Waals surface area contributed by atoms with Crippen LogP contribution in [0, 0.1) is 5.92 Å². The standard InChI is InChI=1S/C15H25N3O2/c1-12(2)13(18-8-6-17(3)7-9-18)11-16-15(19)14-5-4-10-20-14/h4-5,10,12-13H,6-9,11H2,1-3H3,(H,16,19). The van der Waals surface area contributed by atoms with Crippen LogP contribution in [0.2, 0.25) is 0 Å². The van der Waals surface area contributed by atoms with Crippen LogP contribution >= 0.6 is 0 Å². The zero-order valence-electron chi connectivity index (χ0n) is 12.6. The maximum absolute atomic E-state index is 11.9. The van der Waals surface area contributed by atoms with Crippen LogP contribution in [0.15, 0.2) is 22.8 Å². The number of hydrogen-bond donors (Lipinski definition) is 1. The number of carbonyl (C=O) groups excluding carboxylic acids is 1. The molecule has 1 saturated heterocycles. The molecule has 1 unspecified atom stereocenters. The highest BCUT2D eigenvalue weighted by Crippen LogP contribution is 2.13. The first-order valence-corrected chi connectivity index (χ1v) is 7.32. The molecule has 1 N–H and O–H groups in total. The van der Waals surface area contributed by atoms with Crippen LogP contribution in [-0.4, -0.2) is 61.5 Å². The Balaban J connectivity index is 1.88. The van der Waals surface area contributed by atoms with Gasteiger partial charge in [-0.3, -0.25) is 9.69 Å². The third-order valence-corrected chi connectivity index (χ3v) is 3.99. The highest BCUT2D eigenvalue weighted by atomic mass is 16.3. The van der Waals surface area contributed by atoms with E-state index in [2.05, 4.69) is 36.0 Å². The number of nitrogens with zero attached hydrogens (tertiary/aromatic N) is 2. The Labute approximate surface area is 120 Å². The highest BCUT2D eigenvalue weighted by molar-refractivity contribution is 5.91. The van der Waals surface area contributed by atoms with Gasteiger partial charge in [-0.05, 0) is 25.1 Å². The predicted octanol–water partition coefficient (Wildman–Crippen LogP) is 1.28. The Morgan fingerprint density at radius 3 is 2.60 bits per heavy atom. The minimum absolute atomic E-state index is 0.130. The lowest BCUT2D eigenvalue weighted by Gasteiger charge is -2.39. The number of carbonyl (C=O) groups is 1. The molecule has 0 spiro atoms. The van der Waals surface area contributed by atoms with Crippen LogP contribution in [0.3, 0.4) is 0 Å². The molecule has 112 valence electrons. The van der Waals surface area contributed by atoms with Gasteiger partial charge in [0.15, 0.2) is 5.76 Å². The normalized spacial score (nSPS) is 19.2. The second kappa shape index (κ2) is 6.90. The Kier molecular flexibility index (Phi) is 5.20. The minimum Gasteiger partial charge on any atom is -0.459 e. The molecule has 5 nitrogen and oxygen atoms in total. The fourth-order valence-corrected chi connectivity index (χ4v) is 2.63. The van der Waals surface area contributed by atoms with Crippen molar-refractivity contribution in [2.75, 3.05) is 39.8 Å². The molecule has 0 saturated carbocycles. The molecule has 2 rings (SSSR count). The van der Waals surface area contributed by atoms with Gasteiger partial charge in [0.2, 0.25) is 0 Å². The summed E-state index contributed by atoms with van der Waals surface area (Å²) in [5.41, 5.74) is 0. The number of likely N-dealkylation sites (N-methyl/N-ethyl adjacent to an activating group) is 1. The second-order valence-electron chi connectivity index (χ2n) is 5.84. The van der Waals surface area contributed by atoms with Crippen LogP contribution < -0.4 is 5.32 Å². The summed E-state index contributed by atoms with van der Waals surface area (Å²) < 4.78 is 5.12. The summed E-state index contributed by atoms with van der Waals surface area (Å²) >= 11 is 0. The molecule has 2 heterocycles. The van der Waals surface area contributed by atoms with Gasteiger partial charge >= 0.3 is 0 Å². The number of hydrogen-bond acceptors (Lipinski definition) is 4. The lowest BCUT2D eigenvalue weighted by Crippen LogP contribution is -2.54. The fraction of sp³-hybridized carbons (Fsp3) is 0.667. The first-order valence-electron chi connectivity index (χ1n) is 7.32. The van der Waals surface area contributed by atoms with E-state index in [0.717, 1.165) is 26.2 Å². The lowest BCUT2D eigenvalue weighted by atomic mass is 10.0. The topological polar surface area (TPSA) is 48.7 Å². The van der Waals surface area contributed by atoms with Gasteiger partial charge in [0.1, 0.15) is 0 Å². The minimum atomic E-state index is -0.130. The Hall–Kier alpha value is -1.33. The maximum atomic E-state index is 11.9. The van der Waals surface area contributed by atoms with E-state index in [1.807, 2.05) is 0 Å². The van der Waals surface area contributed by atoms with Gasteiger partial charge < -0.3 is 14.6 Å². The molecule has 1 fully saturated rings. The van der Waals surface area contributed by atoms with E-state index in [9.17, 15) is 4.79 Å². The lowest BCUT2D eigenvalue weighted by molar-refractivity contribution is 0.0777. The summed E-state index contributed by atoms with van der Waals surface area (Å²) in [4.78, 5) is 16.8. The van der Waals surface area contributed by atoms with Crippen LogP contribution in [-0.2, 0) is 0 Å². The zero-order valence-corrected chi connectivity index (χ0v) is 12.6. The smallest absolute Gasteiger partial charge is 0.287 e. The quantitative estimate of drug-likeness (QED) is 0.882. The van der Waals surface area contributed by atoms with Gasteiger partial charge in [-0.25, -0.2) is 0 Å². The molecule has 1 aliphatic rings. The molecule has 1 aromatic heterocycles. The summed E-state index contributed by atoms with van der Waals surface area (Å²) in [6, 6.07) is 3.80. The molecule has 1 aromatic rings. The van der Waals surface area contributed by atoms with Crippen molar-refractivity contribution in [3.05, 3.63) is 24.2 Å². The monoisotopic (exact) mass is 279 g/mol. The largest absolute Gasteiger partial charge is 0.459 e. The van der Waals surface area contributed by atoms with Gasteiger partial charge in [-0.1, -0.05) is 13.8 Å². The number of rotatable bonds is 5. The van der Waals surface area contributed by atoms with Gasteiger partial charge in [-0.2, -0.15) is 0 Å². The number of amides is 1. The summed E-state index contributed by atoms with van der Waals surface area (Å²) in [6.07, 6.45) is 1.52. The molecular formula is C15H25N3O2. The fourth-order valence-electron chi connectivity index (χ4n) is 2.63. The number of nitrogens with one attached hydrogen (secondary N) is 1. The molecule has 0 aliphatic carbocycles. The van der Waals surface area contributed by atoms with Crippen molar-refractivity contribution >= 4 is 5.91 Å². The number of furan rings is 1. The van der Waals surface area contributed by atoms with E-state index >= 15 is 0 Å². The first-order chi connectivity index (χ1) is 9.58. The summed E-state index contributed by atoms with van der Waals surface area (Å²) in [5.74, 6) is 0.760. The van der Waals surface area contributed by atoms with Crippen molar-refractivity contribution in [3.63, 3.8) is 0 Å². The molecule has 0 radical (unpaired) electrons. The van der Waals surface area contributed by atoms with Crippen LogP contribution in [0.1, 0.15) is 24.4 Å². The maximum Gasteiger partial charge on any atom is 0.287 e. The van der Waals surface area contributed by atoms with E-state index in [1.165, 1.54) is 6.26 Å². The van der Waals surface area contributed by atoms with Gasteiger partial charge in [0, 0.05) is 38.8 Å². The van der Waals surface area contributed by atoms with Crippen molar-refractivity contribution < 1.29 is 9.21 Å². The highest BCUT2D eigenvalue weighted by Gasteiger charge is 2.25. The van der Waals surface area contributed by atoms with Crippen molar-refractivity contribution in [1.29, 1.82) is 0 Å². The predicted molar refractivity (Wildman–Crippen MR) is 78.7 cm³/mol. The molecule has 5 heteroatoms. The Morgan fingerprint density at radius 1 is 1.35 bits per heavy atom. The molecule has 1 amide bonds. The Morgan fingerprint density at radius 2 is 2.05 bits per heavy atom. The van der Waals surface area contributed by atoms with Crippen LogP contribution in [0.4, 0.5) is 0 Å². The molecule has 0 aromatic carbocycles. The molecule has 0 bridgehead atoms. The van der Waals surface area contributed by atoms with E-state index in [0.29, 0.717) is 24.3 Å². The van der Waals surface area contributed by atoms with E-state index in [4.69, 9.17) is 4.42 Å². The SMILES string of the molecule is CC(C)C(CNC(=O)c1ccco1)N1CCN(C)CC1. The van der Waals surface area contributed by atoms with Gasteiger partial charge in [-0.15, -0.1) is 0 Å². The Bertz CT molecular complexity index is 409. The average molecular weight is 279 g/mol. The molecule has 1 aliphatic heterocycles. The third-order valence-electron chi connectivity index (χ3n) is 3.99. The molecule has 1 atom stereocenters. The van der Waals surface area contributed by atoms with Gasteiger partial charge in [0.25, 0.3) is 5.91 Å². The van der Waals surface area contributed by atoms with Crippen molar-refractivity contribution in [1.82, 2.24) is 15.1 Å². The average Bonchev–Trinajstić information content (AvgIpc) is 2.94. The molecule has 20 heavy (non-hydrogen) atoms. The summed E-state index contributed by atoms with van der Waals surface area (Å²) in [5, 5.41) is 2.99. The second-order valence-corrected chi connectivity index (χ2v) is 5.84. The summed E-state index contributed by atoms with van der Waals surface area (Å²) in [7, 11) is 2.15. The number of piperazine rings is 1. The van der Waals surface area contributed by atoms with Crippen molar-refractivity contribution in [2.45, 2.75) is 19.9 Å². The molecular weight excluding hydrogens is 254 g/mol. The van der Waals surface area contributed by atoms with Crippen LogP contribution in [0.5, 0.6) is 0 Å². The van der Waals surface area contributed by atoms with E-state index in [-0.39, 0.29) is 5.91 Å². The van der Waals surface area contributed by atoms with Gasteiger partial charge in [0.05, 0.1) is 6.26 Å². The third kappa shape index (κ3) is 3.84. The van der Waals surface area contributed by atoms with Crippen molar-refractivity contribution in [2.24, 2.45) is 5.92 Å². The van der Waals surface area contributed by atoms with E-state index in [1.54, 1.807) is 12.1 Å². The zero-order chi connectivity index (χ0) is 14.5. The van der Waals surface area contributed by atoms with E-state index < -0.39 is 0 Å². The first kappa shape index (κ1) is 15.1.